The SMILES string of the molecule is CCOc1cc(C(=O)N2C3CCC2COC3)ccc1C(=O)NCC(O)C1Cc2cc(C)ccc2CN1. The number of nitrogens with one attached hydrogen (secondary N) is 2. The van der Waals surface area contributed by atoms with Crippen molar-refractivity contribution in [3.05, 3.63) is 64.2 Å². The minimum absolute atomic E-state index is 0.0481. The lowest BCUT2D eigenvalue weighted by Crippen LogP contribution is -2.49. The molecule has 0 aromatic heterocycles. The van der Waals surface area contributed by atoms with Crippen LogP contribution in [0.3, 0.4) is 0 Å². The molecule has 3 N–H and O–H groups in total. The van der Waals surface area contributed by atoms with Crippen LogP contribution in [0, 0.1) is 6.92 Å². The van der Waals surface area contributed by atoms with E-state index in [1.165, 1.54) is 16.7 Å². The van der Waals surface area contributed by atoms with Crippen molar-refractivity contribution in [2.45, 2.75) is 63.9 Å². The maximum absolute atomic E-state index is 13.3. The fourth-order valence-electron chi connectivity index (χ4n) is 5.60. The summed E-state index contributed by atoms with van der Waals surface area (Å²) in [5, 5.41) is 17.0. The number of nitrogens with zero attached hydrogens (tertiary/aromatic N) is 1. The summed E-state index contributed by atoms with van der Waals surface area (Å²) >= 11 is 0. The van der Waals surface area contributed by atoms with Crippen molar-refractivity contribution < 1.29 is 24.2 Å². The van der Waals surface area contributed by atoms with Gasteiger partial charge < -0.3 is 30.1 Å². The van der Waals surface area contributed by atoms with E-state index in [9.17, 15) is 14.7 Å². The smallest absolute Gasteiger partial charge is 0.255 e. The lowest BCUT2D eigenvalue weighted by molar-refractivity contribution is -0.00717. The van der Waals surface area contributed by atoms with Crippen LogP contribution >= 0.6 is 0 Å². The molecule has 4 unspecified atom stereocenters. The molecule has 2 aromatic rings. The molecule has 2 saturated heterocycles. The van der Waals surface area contributed by atoms with Gasteiger partial charge >= 0.3 is 0 Å². The molecule has 192 valence electrons. The highest BCUT2D eigenvalue weighted by Crippen LogP contribution is 2.31. The first-order valence-electron chi connectivity index (χ1n) is 12.9. The quantitative estimate of drug-likeness (QED) is 0.547. The summed E-state index contributed by atoms with van der Waals surface area (Å²) in [5.74, 6) is -0.0147. The Morgan fingerprint density at radius 1 is 1.17 bits per heavy atom. The van der Waals surface area contributed by atoms with E-state index in [1.54, 1.807) is 18.2 Å². The number of fused-ring (bicyclic) bond motifs is 3. The van der Waals surface area contributed by atoms with Gasteiger partial charge in [-0.15, -0.1) is 0 Å². The van der Waals surface area contributed by atoms with E-state index in [0.29, 0.717) is 49.7 Å². The van der Waals surface area contributed by atoms with Crippen molar-refractivity contribution in [2.75, 3.05) is 26.4 Å². The number of carbonyl (C=O) groups excluding carboxylic acids is 2. The summed E-state index contributed by atoms with van der Waals surface area (Å²) in [6.45, 7) is 6.23. The molecule has 4 atom stereocenters. The summed E-state index contributed by atoms with van der Waals surface area (Å²) in [7, 11) is 0. The van der Waals surface area contributed by atoms with Crippen LogP contribution in [0.15, 0.2) is 36.4 Å². The topological polar surface area (TPSA) is 100 Å². The van der Waals surface area contributed by atoms with Crippen molar-refractivity contribution in [2.24, 2.45) is 0 Å². The Balaban J connectivity index is 1.24. The number of hydrogen-bond donors (Lipinski definition) is 3. The molecule has 0 spiro atoms. The summed E-state index contributed by atoms with van der Waals surface area (Å²) < 4.78 is 11.3. The molecule has 8 nitrogen and oxygen atoms in total. The van der Waals surface area contributed by atoms with Crippen LogP contribution in [-0.4, -0.2) is 72.4 Å². The van der Waals surface area contributed by atoms with Crippen molar-refractivity contribution in [3.63, 3.8) is 0 Å². The third-order valence-electron chi connectivity index (χ3n) is 7.54. The van der Waals surface area contributed by atoms with Crippen LogP contribution in [0.5, 0.6) is 5.75 Å². The summed E-state index contributed by atoms with van der Waals surface area (Å²) in [6.07, 6.45) is 1.88. The Labute approximate surface area is 212 Å². The molecule has 2 bridgehead atoms. The molecule has 2 fully saturated rings. The lowest BCUT2D eigenvalue weighted by atomic mass is 9.91. The number of aliphatic hydroxyl groups excluding tert-OH is 1. The number of hydrogen-bond acceptors (Lipinski definition) is 6. The van der Waals surface area contributed by atoms with Gasteiger partial charge in [0.1, 0.15) is 5.75 Å². The van der Waals surface area contributed by atoms with Crippen molar-refractivity contribution in [1.82, 2.24) is 15.5 Å². The molecule has 2 aromatic carbocycles. The zero-order valence-corrected chi connectivity index (χ0v) is 21.0. The third-order valence-corrected chi connectivity index (χ3v) is 7.54. The standard InChI is InChI=1S/C28H35N3O5/c1-3-36-26-12-18(28(34)31-21-7-8-22(31)16-35-15-21)6-9-23(26)27(33)30-14-25(32)24-11-20-10-17(2)4-5-19(20)13-29-24/h4-6,9-10,12,21-22,24-25,29,32H,3,7-8,11,13-16H2,1-2H3,(H,30,33). The van der Waals surface area contributed by atoms with Crippen molar-refractivity contribution in [1.29, 1.82) is 0 Å². The Bertz CT molecular complexity index is 1120. The van der Waals surface area contributed by atoms with Crippen molar-refractivity contribution in [3.8, 4) is 5.75 Å². The van der Waals surface area contributed by atoms with Crippen LogP contribution in [-0.2, 0) is 17.7 Å². The molecule has 36 heavy (non-hydrogen) atoms. The van der Waals surface area contributed by atoms with Gasteiger partial charge in [-0.2, -0.15) is 0 Å². The predicted molar refractivity (Wildman–Crippen MR) is 135 cm³/mol. The van der Waals surface area contributed by atoms with E-state index >= 15 is 0 Å². The average molecular weight is 494 g/mol. The number of aliphatic hydroxyl groups is 1. The van der Waals surface area contributed by atoms with Gasteiger partial charge in [0, 0.05) is 24.7 Å². The number of ether oxygens (including phenoxy) is 2. The van der Waals surface area contributed by atoms with Gasteiger partial charge in [0.05, 0.1) is 43.6 Å². The van der Waals surface area contributed by atoms with Gasteiger partial charge in [0.15, 0.2) is 0 Å². The van der Waals surface area contributed by atoms with Gasteiger partial charge in [-0.1, -0.05) is 23.8 Å². The first-order valence-corrected chi connectivity index (χ1v) is 12.9. The molecule has 0 saturated carbocycles. The second-order valence-corrected chi connectivity index (χ2v) is 10.0. The Morgan fingerprint density at radius 3 is 2.69 bits per heavy atom. The van der Waals surface area contributed by atoms with E-state index < -0.39 is 6.10 Å². The summed E-state index contributed by atoms with van der Waals surface area (Å²) in [5.41, 5.74) is 4.53. The van der Waals surface area contributed by atoms with Gasteiger partial charge in [-0.25, -0.2) is 0 Å². The highest BCUT2D eigenvalue weighted by Gasteiger charge is 2.40. The lowest BCUT2D eigenvalue weighted by Gasteiger charge is -2.34. The van der Waals surface area contributed by atoms with Gasteiger partial charge in [0.2, 0.25) is 0 Å². The van der Waals surface area contributed by atoms with Gasteiger partial charge in [-0.05, 0) is 62.4 Å². The van der Waals surface area contributed by atoms with E-state index in [-0.39, 0.29) is 36.5 Å². The largest absolute Gasteiger partial charge is 0.493 e. The van der Waals surface area contributed by atoms with Crippen LogP contribution in [0.1, 0.15) is 57.2 Å². The number of rotatable bonds is 7. The highest BCUT2D eigenvalue weighted by molar-refractivity contribution is 6.00. The second kappa shape index (κ2) is 10.6. The molecule has 8 heteroatoms. The van der Waals surface area contributed by atoms with Crippen molar-refractivity contribution >= 4 is 11.8 Å². The molecule has 0 aliphatic carbocycles. The minimum atomic E-state index is -0.740. The molecule has 3 aliphatic rings. The number of aryl methyl sites for hydroxylation is 1. The number of carbonyl (C=O) groups is 2. The molecule has 3 heterocycles. The number of benzene rings is 2. The highest BCUT2D eigenvalue weighted by atomic mass is 16.5. The Morgan fingerprint density at radius 2 is 1.94 bits per heavy atom. The van der Waals surface area contributed by atoms with E-state index in [2.05, 4.69) is 35.8 Å². The average Bonchev–Trinajstić information content (AvgIpc) is 3.13. The maximum atomic E-state index is 13.3. The first kappa shape index (κ1) is 24.7. The number of amides is 2. The molecular weight excluding hydrogens is 458 g/mol. The molecular formula is C28H35N3O5. The maximum Gasteiger partial charge on any atom is 0.255 e. The summed E-state index contributed by atoms with van der Waals surface area (Å²) in [4.78, 5) is 28.2. The van der Waals surface area contributed by atoms with Crippen LogP contribution in [0.2, 0.25) is 0 Å². The zero-order chi connectivity index (χ0) is 25.2. The minimum Gasteiger partial charge on any atom is -0.493 e. The van der Waals surface area contributed by atoms with Gasteiger partial charge in [-0.3, -0.25) is 9.59 Å². The zero-order valence-electron chi connectivity index (χ0n) is 21.0. The molecule has 3 aliphatic heterocycles. The van der Waals surface area contributed by atoms with Crippen LogP contribution < -0.4 is 15.4 Å². The van der Waals surface area contributed by atoms with Crippen LogP contribution in [0.4, 0.5) is 0 Å². The van der Waals surface area contributed by atoms with Gasteiger partial charge in [0.25, 0.3) is 11.8 Å². The molecule has 5 rings (SSSR count). The Hall–Kier alpha value is -2.94. The molecule has 0 radical (unpaired) electrons. The van der Waals surface area contributed by atoms with E-state index in [1.807, 2.05) is 11.8 Å². The van der Waals surface area contributed by atoms with E-state index in [4.69, 9.17) is 9.47 Å². The summed E-state index contributed by atoms with van der Waals surface area (Å²) in [6, 6.07) is 11.4. The fourth-order valence-corrected chi connectivity index (χ4v) is 5.60. The monoisotopic (exact) mass is 493 g/mol. The number of morpholine rings is 1. The van der Waals surface area contributed by atoms with Crippen LogP contribution in [0.25, 0.3) is 0 Å². The normalized spacial score (nSPS) is 23.6. The molecule has 2 amide bonds. The fraction of sp³-hybridized carbons (Fsp3) is 0.500. The second-order valence-electron chi connectivity index (χ2n) is 10.0. The first-order chi connectivity index (χ1) is 17.4. The third kappa shape index (κ3) is 4.98. The van der Waals surface area contributed by atoms with E-state index in [0.717, 1.165) is 12.8 Å². The Kier molecular flexibility index (Phi) is 7.27. The predicted octanol–water partition coefficient (Wildman–Crippen LogP) is 2.20.